The second-order valence-corrected chi connectivity index (χ2v) is 9.87. The van der Waals surface area contributed by atoms with Crippen LogP contribution in [-0.2, 0) is 6.42 Å². The number of allylic oxidation sites excluding steroid dienone is 1. The molecule has 7 rings (SSSR count). The fourth-order valence-electron chi connectivity index (χ4n) is 5.56. The molecule has 3 heterocycles. The maximum atomic E-state index is 12.5. The summed E-state index contributed by atoms with van der Waals surface area (Å²) < 4.78 is 8.10. The summed E-state index contributed by atoms with van der Waals surface area (Å²) in [5.74, 6) is -0.227. The Morgan fingerprint density at radius 3 is 2.51 bits per heavy atom. The average Bonchev–Trinajstić information content (AvgIpc) is 3.53. The molecule has 1 aliphatic carbocycles. The average molecular weight is 512 g/mol. The predicted octanol–water partition coefficient (Wildman–Crippen LogP) is 7.80. The highest BCUT2D eigenvalue weighted by molar-refractivity contribution is 6.06. The van der Waals surface area contributed by atoms with E-state index >= 15 is 0 Å². The second kappa shape index (κ2) is 9.40. The SMILES string of the molecule is O=C(O)c1c2c(nc3ccccc13)/C(=C\c1cn(-c3ccccc3)nc1-c1cc3ccccc3o1)CCCC2. The number of pyridine rings is 1. The van der Waals surface area contributed by atoms with Crippen molar-refractivity contribution >= 4 is 39.5 Å². The Hall–Kier alpha value is -4.97. The van der Waals surface area contributed by atoms with Crippen molar-refractivity contribution in [2.24, 2.45) is 0 Å². The van der Waals surface area contributed by atoms with Crippen LogP contribution >= 0.6 is 0 Å². The normalized spacial score (nSPS) is 14.5. The molecule has 0 amide bonds. The van der Waals surface area contributed by atoms with E-state index in [1.807, 2.05) is 95.8 Å². The Balaban J connectivity index is 1.46. The van der Waals surface area contributed by atoms with Crippen LogP contribution in [0, 0.1) is 0 Å². The first-order valence-electron chi connectivity index (χ1n) is 13.2. The van der Waals surface area contributed by atoms with E-state index in [2.05, 4.69) is 6.08 Å². The molecular formula is C33H25N3O3. The lowest BCUT2D eigenvalue weighted by Gasteiger charge is -2.14. The van der Waals surface area contributed by atoms with Gasteiger partial charge in [-0.3, -0.25) is 0 Å². The molecule has 0 unspecified atom stereocenters. The molecule has 1 aliphatic rings. The van der Waals surface area contributed by atoms with Gasteiger partial charge < -0.3 is 9.52 Å². The molecule has 0 saturated carbocycles. The molecule has 0 aliphatic heterocycles. The largest absolute Gasteiger partial charge is 0.478 e. The Labute approximate surface area is 224 Å². The van der Waals surface area contributed by atoms with Crippen molar-refractivity contribution in [2.75, 3.05) is 0 Å². The molecule has 0 atom stereocenters. The summed E-state index contributed by atoms with van der Waals surface area (Å²) in [5.41, 5.74) is 7.02. The van der Waals surface area contributed by atoms with Crippen LogP contribution in [0.3, 0.4) is 0 Å². The van der Waals surface area contributed by atoms with Crippen LogP contribution in [0.4, 0.5) is 0 Å². The van der Waals surface area contributed by atoms with Crippen molar-refractivity contribution in [3.05, 3.63) is 114 Å². The van der Waals surface area contributed by atoms with Crippen molar-refractivity contribution in [1.82, 2.24) is 14.8 Å². The highest BCUT2D eigenvalue weighted by Gasteiger charge is 2.25. The number of carbonyl (C=O) groups is 1. The molecule has 0 spiro atoms. The zero-order valence-electron chi connectivity index (χ0n) is 21.2. The maximum Gasteiger partial charge on any atom is 0.336 e. The number of aromatic nitrogens is 3. The summed E-state index contributed by atoms with van der Waals surface area (Å²) >= 11 is 0. The summed E-state index contributed by atoms with van der Waals surface area (Å²) in [4.78, 5) is 17.5. The third-order valence-corrected chi connectivity index (χ3v) is 7.39. The van der Waals surface area contributed by atoms with Gasteiger partial charge in [-0.15, -0.1) is 0 Å². The number of rotatable bonds is 4. The van der Waals surface area contributed by atoms with Gasteiger partial charge in [0.1, 0.15) is 11.3 Å². The van der Waals surface area contributed by atoms with Gasteiger partial charge in [-0.05, 0) is 73.2 Å². The van der Waals surface area contributed by atoms with Gasteiger partial charge in [0.15, 0.2) is 5.76 Å². The van der Waals surface area contributed by atoms with E-state index in [0.29, 0.717) is 28.6 Å². The minimum atomic E-state index is -0.911. The van der Waals surface area contributed by atoms with E-state index in [9.17, 15) is 9.90 Å². The molecule has 3 aromatic carbocycles. The molecule has 6 heteroatoms. The molecule has 0 radical (unpaired) electrons. The lowest BCUT2D eigenvalue weighted by molar-refractivity contribution is 0.0697. The molecule has 39 heavy (non-hydrogen) atoms. The number of para-hydroxylation sites is 3. The number of hydrogen-bond donors (Lipinski definition) is 1. The van der Waals surface area contributed by atoms with Crippen molar-refractivity contribution < 1.29 is 14.3 Å². The summed E-state index contributed by atoms with van der Waals surface area (Å²) in [7, 11) is 0. The van der Waals surface area contributed by atoms with Gasteiger partial charge >= 0.3 is 5.97 Å². The van der Waals surface area contributed by atoms with E-state index in [-0.39, 0.29) is 0 Å². The van der Waals surface area contributed by atoms with E-state index in [0.717, 1.165) is 64.0 Å². The van der Waals surface area contributed by atoms with E-state index in [4.69, 9.17) is 14.5 Å². The van der Waals surface area contributed by atoms with E-state index in [1.165, 1.54) is 0 Å². The van der Waals surface area contributed by atoms with Gasteiger partial charge in [0.05, 0.1) is 22.5 Å². The van der Waals surface area contributed by atoms with Gasteiger partial charge in [-0.2, -0.15) is 5.10 Å². The fourth-order valence-corrected chi connectivity index (χ4v) is 5.56. The second-order valence-electron chi connectivity index (χ2n) is 9.87. The smallest absolute Gasteiger partial charge is 0.336 e. The first kappa shape index (κ1) is 23.2. The van der Waals surface area contributed by atoms with Gasteiger partial charge in [-0.1, -0.05) is 54.6 Å². The molecule has 0 fully saturated rings. The number of benzene rings is 3. The molecular weight excluding hydrogens is 486 g/mol. The minimum Gasteiger partial charge on any atom is -0.478 e. The highest BCUT2D eigenvalue weighted by atomic mass is 16.4. The first-order chi connectivity index (χ1) is 19.2. The lowest BCUT2D eigenvalue weighted by atomic mass is 9.94. The zero-order valence-corrected chi connectivity index (χ0v) is 21.2. The molecule has 6 aromatic rings. The molecule has 6 nitrogen and oxygen atoms in total. The van der Waals surface area contributed by atoms with Crippen LogP contribution < -0.4 is 0 Å². The Morgan fingerprint density at radius 2 is 1.67 bits per heavy atom. The van der Waals surface area contributed by atoms with Gasteiger partial charge in [0.25, 0.3) is 0 Å². The first-order valence-corrected chi connectivity index (χ1v) is 13.2. The van der Waals surface area contributed by atoms with Gasteiger partial charge in [0.2, 0.25) is 0 Å². The minimum absolute atomic E-state index is 0.362. The van der Waals surface area contributed by atoms with Gasteiger partial charge in [0, 0.05) is 22.5 Å². The summed E-state index contributed by atoms with van der Waals surface area (Å²) in [6, 6.07) is 27.4. The molecule has 190 valence electrons. The fraction of sp³-hybridized carbons (Fsp3) is 0.121. The van der Waals surface area contributed by atoms with E-state index < -0.39 is 5.97 Å². The van der Waals surface area contributed by atoms with Crippen molar-refractivity contribution in [3.8, 4) is 17.1 Å². The Kier molecular flexibility index (Phi) is 5.59. The standard InChI is InChI=1S/C33H25N3O3/c37-33(38)30-25-14-7-8-16-27(25)34-31-22(11-4-6-15-26(30)31)18-23-20-36(24-12-2-1-3-13-24)35-32(23)29-19-21-10-5-9-17-28(21)39-29/h1-3,5,7-10,12-14,16-20H,4,6,11,15H2,(H,37,38)/b22-18-. The molecule has 0 bridgehead atoms. The number of carboxylic acid groups (broad SMARTS) is 1. The number of hydrogen-bond acceptors (Lipinski definition) is 4. The van der Waals surface area contributed by atoms with Crippen LogP contribution in [0.5, 0.6) is 0 Å². The molecule has 0 saturated heterocycles. The number of nitrogens with zero attached hydrogens (tertiary/aromatic N) is 3. The molecule has 3 aromatic heterocycles. The van der Waals surface area contributed by atoms with Crippen molar-refractivity contribution in [2.45, 2.75) is 25.7 Å². The number of fused-ring (bicyclic) bond motifs is 3. The van der Waals surface area contributed by atoms with Crippen LogP contribution in [0.2, 0.25) is 0 Å². The van der Waals surface area contributed by atoms with Crippen LogP contribution in [-0.4, -0.2) is 25.8 Å². The van der Waals surface area contributed by atoms with Crippen LogP contribution in [0.15, 0.2) is 95.5 Å². The third-order valence-electron chi connectivity index (χ3n) is 7.39. The summed E-state index contributed by atoms with van der Waals surface area (Å²) in [6.45, 7) is 0. The number of furan rings is 1. The lowest BCUT2D eigenvalue weighted by Crippen LogP contribution is -2.08. The number of aromatic carboxylic acids is 1. The van der Waals surface area contributed by atoms with Crippen LogP contribution in [0.1, 0.15) is 46.4 Å². The Bertz CT molecular complexity index is 1860. The van der Waals surface area contributed by atoms with Crippen molar-refractivity contribution in [3.63, 3.8) is 0 Å². The third kappa shape index (κ3) is 4.10. The summed E-state index contributed by atoms with van der Waals surface area (Å²) in [5, 5.41) is 16.9. The number of carboxylic acids is 1. The maximum absolute atomic E-state index is 12.5. The predicted molar refractivity (Wildman–Crippen MR) is 153 cm³/mol. The zero-order chi connectivity index (χ0) is 26.3. The quantitative estimate of drug-likeness (QED) is 0.244. The molecule has 1 N–H and O–H groups in total. The summed E-state index contributed by atoms with van der Waals surface area (Å²) in [6.07, 6.45) is 7.47. The van der Waals surface area contributed by atoms with Gasteiger partial charge in [-0.25, -0.2) is 14.5 Å². The monoisotopic (exact) mass is 511 g/mol. The highest BCUT2D eigenvalue weighted by Crippen LogP contribution is 2.37. The Morgan fingerprint density at radius 1 is 0.897 bits per heavy atom. The topological polar surface area (TPSA) is 81.1 Å². The van der Waals surface area contributed by atoms with E-state index in [1.54, 1.807) is 0 Å². The van der Waals surface area contributed by atoms with Crippen molar-refractivity contribution in [1.29, 1.82) is 0 Å². The van der Waals surface area contributed by atoms with Crippen LogP contribution in [0.25, 0.3) is 50.7 Å².